The fraction of sp³-hybridized carbons (Fsp3) is 0.467. The number of carbonyl (C=O) groups is 2. The molecule has 5 heteroatoms. The van der Waals surface area contributed by atoms with E-state index < -0.39 is 6.04 Å². The van der Waals surface area contributed by atoms with Crippen molar-refractivity contribution < 1.29 is 9.59 Å². The number of carbonyl (C=O) groups excluding carboxylic acids is 2. The molecule has 2 aliphatic heterocycles. The van der Waals surface area contributed by atoms with Gasteiger partial charge in [0.05, 0.1) is 0 Å². The maximum atomic E-state index is 12.3. The topological polar surface area (TPSA) is 70.2 Å². The average molecular weight is 273 g/mol. The first-order valence-corrected chi connectivity index (χ1v) is 7.19. The maximum Gasteiger partial charge on any atom is 0.252 e. The van der Waals surface area contributed by atoms with Crippen molar-refractivity contribution >= 4 is 17.5 Å². The summed E-state index contributed by atoms with van der Waals surface area (Å²) in [6.45, 7) is 1.62. The van der Waals surface area contributed by atoms with Crippen molar-refractivity contribution in [1.82, 2.24) is 10.6 Å². The molecule has 2 aliphatic rings. The summed E-state index contributed by atoms with van der Waals surface area (Å²) >= 11 is 0. The smallest absolute Gasteiger partial charge is 0.252 e. The number of hydrogen-bond donors (Lipinski definition) is 3. The number of amides is 2. The molecule has 1 atom stereocenters. The third-order valence-electron chi connectivity index (χ3n) is 3.92. The summed E-state index contributed by atoms with van der Waals surface area (Å²) in [5, 5.41) is 8.92. The highest BCUT2D eigenvalue weighted by atomic mass is 16.2. The second kappa shape index (κ2) is 5.53. The zero-order chi connectivity index (χ0) is 13.9. The Morgan fingerprint density at radius 3 is 3.00 bits per heavy atom. The summed E-state index contributed by atoms with van der Waals surface area (Å²) < 4.78 is 0. The van der Waals surface area contributed by atoms with Crippen LogP contribution in [0, 0.1) is 0 Å². The standard InChI is InChI=1S/C15H19N3O2/c19-14(18-12-3-1-2-7-17-15(12)20)11-5-4-10-6-8-16-13(10)9-11/h4-5,9,12,16H,1-3,6-8H2,(H,17,20)(H,18,19). The zero-order valence-electron chi connectivity index (χ0n) is 11.4. The van der Waals surface area contributed by atoms with Crippen molar-refractivity contribution in [3.05, 3.63) is 29.3 Å². The van der Waals surface area contributed by atoms with Gasteiger partial charge in [-0.25, -0.2) is 0 Å². The summed E-state index contributed by atoms with van der Waals surface area (Å²) in [6.07, 6.45) is 3.64. The van der Waals surface area contributed by atoms with Crippen molar-refractivity contribution in [3.8, 4) is 0 Å². The van der Waals surface area contributed by atoms with Crippen LogP contribution < -0.4 is 16.0 Å². The molecule has 2 amide bonds. The lowest BCUT2D eigenvalue weighted by Crippen LogP contribution is -2.45. The van der Waals surface area contributed by atoms with Crippen LogP contribution in [-0.4, -0.2) is 30.9 Å². The van der Waals surface area contributed by atoms with Gasteiger partial charge in [0, 0.05) is 24.3 Å². The van der Waals surface area contributed by atoms with Crippen molar-refractivity contribution in [2.45, 2.75) is 31.7 Å². The predicted molar refractivity (Wildman–Crippen MR) is 76.8 cm³/mol. The molecular weight excluding hydrogens is 254 g/mol. The summed E-state index contributed by atoms with van der Waals surface area (Å²) in [5.41, 5.74) is 2.88. The molecule has 0 aliphatic carbocycles. The minimum absolute atomic E-state index is 0.0739. The Balaban J connectivity index is 1.71. The number of anilines is 1. The predicted octanol–water partition coefficient (Wildman–Crippen LogP) is 1.05. The molecule has 1 unspecified atom stereocenters. The van der Waals surface area contributed by atoms with Crippen molar-refractivity contribution in [2.75, 3.05) is 18.4 Å². The van der Waals surface area contributed by atoms with Gasteiger partial charge in [-0.1, -0.05) is 6.07 Å². The minimum Gasteiger partial charge on any atom is -0.384 e. The highest BCUT2D eigenvalue weighted by Gasteiger charge is 2.23. The van der Waals surface area contributed by atoms with Crippen LogP contribution in [-0.2, 0) is 11.2 Å². The normalized spacial score (nSPS) is 21.4. The molecular formula is C15H19N3O2. The molecule has 20 heavy (non-hydrogen) atoms. The first-order valence-electron chi connectivity index (χ1n) is 7.19. The van der Waals surface area contributed by atoms with E-state index in [0.29, 0.717) is 18.5 Å². The van der Waals surface area contributed by atoms with E-state index in [4.69, 9.17) is 0 Å². The molecule has 0 spiro atoms. The number of benzene rings is 1. The Morgan fingerprint density at radius 1 is 1.20 bits per heavy atom. The van der Waals surface area contributed by atoms with Crippen LogP contribution in [0.2, 0.25) is 0 Å². The number of rotatable bonds is 2. The molecule has 1 aromatic rings. The van der Waals surface area contributed by atoms with Gasteiger partial charge in [0.2, 0.25) is 5.91 Å². The molecule has 5 nitrogen and oxygen atoms in total. The second-order valence-electron chi connectivity index (χ2n) is 5.36. The quantitative estimate of drug-likeness (QED) is 0.754. The van der Waals surface area contributed by atoms with Crippen molar-refractivity contribution in [3.63, 3.8) is 0 Å². The van der Waals surface area contributed by atoms with Gasteiger partial charge in [-0.2, -0.15) is 0 Å². The van der Waals surface area contributed by atoms with Gasteiger partial charge in [-0.15, -0.1) is 0 Å². The van der Waals surface area contributed by atoms with E-state index in [2.05, 4.69) is 16.0 Å². The van der Waals surface area contributed by atoms with Gasteiger partial charge in [-0.05, 0) is 43.4 Å². The second-order valence-corrected chi connectivity index (χ2v) is 5.36. The van der Waals surface area contributed by atoms with Gasteiger partial charge in [-0.3, -0.25) is 9.59 Å². The highest BCUT2D eigenvalue weighted by Crippen LogP contribution is 2.23. The molecule has 1 fully saturated rings. The fourth-order valence-corrected chi connectivity index (χ4v) is 2.75. The van der Waals surface area contributed by atoms with Gasteiger partial charge < -0.3 is 16.0 Å². The summed E-state index contributed by atoms with van der Waals surface area (Å²) in [7, 11) is 0. The fourth-order valence-electron chi connectivity index (χ4n) is 2.75. The number of fused-ring (bicyclic) bond motifs is 1. The summed E-state index contributed by atoms with van der Waals surface area (Å²) in [4.78, 5) is 24.1. The lowest BCUT2D eigenvalue weighted by atomic mass is 10.1. The van der Waals surface area contributed by atoms with E-state index in [9.17, 15) is 9.59 Å². The van der Waals surface area contributed by atoms with E-state index in [1.165, 1.54) is 5.56 Å². The van der Waals surface area contributed by atoms with Crippen LogP contribution in [0.3, 0.4) is 0 Å². The highest BCUT2D eigenvalue weighted by molar-refractivity contribution is 5.98. The van der Waals surface area contributed by atoms with E-state index in [1.54, 1.807) is 0 Å². The number of nitrogens with one attached hydrogen (secondary N) is 3. The van der Waals surface area contributed by atoms with Crippen LogP contribution in [0.1, 0.15) is 35.2 Å². The first-order chi connectivity index (χ1) is 9.74. The van der Waals surface area contributed by atoms with E-state index in [1.807, 2.05) is 18.2 Å². The van der Waals surface area contributed by atoms with Crippen LogP contribution in [0.4, 0.5) is 5.69 Å². The average Bonchev–Trinajstić information content (AvgIpc) is 2.83. The van der Waals surface area contributed by atoms with Gasteiger partial charge in [0.15, 0.2) is 0 Å². The Hall–Kier alpha value is -2.04. The third-order valence-corrected chi connectivity index (χ3v) is 3.92. The van der Waals surface area contributed by atoms with Crippen molar-refractivity contribution in [2.24, 2.45) is 0 Å². The molecule has 1 saturated heterocycles. The Labute approximate surface area is 118 Å². The molecule has 106 valence electrons. The summed E-state index contributed by atoms with van der Waals surface area (Å²) in [5.74, 6) is -0.251. The molecule has 0 radical (unpaired) electrons. The molecule has 3 rings (SSSR count). The molecule has 0 saturated carbocycles. The van der Waals surface area contributed by atoms with E-state index in [-0.39, 0.29) is 11.8 Å². The van der Waals surface area contributed by atoms with Crippen LogP contribution in [0.5, 0.6) is 0 Å². The first kappa shape index (κ1) is 13.0. The van der Waals surface area contributed by atoms with Crippen molar-refractivity contribution in [1.29, 1.82) is 0 Å². The van der Waals surface area contributed by atoms with E-state index in [0.717, 1.165) is 31.5 Å². The molecule has 0 bridgehead atoms. The largest absolute Gasteiger partial charge is 0.384 e. The van der Waals surface area contributed by atoms with E-state index >= 15 is 0 Å². The summed E-state index contributed by atoms with van der Waals surface area (Å²) in [6, 6.07) is 5.27. The monoisotopic (exact) mass is 273 g/mol. The Kier molecular flexibility index (Phi) is 3.58. The molecule has 1 aromatic carbocycles. The van der Waals surface area contributed by atoms with Gasteiger partial charge in [0.1, 0.15) is 6.04 Å². The third kappa shape index (κ3) is 2.61. The van der Waals surface area contributed by atoms with Gasteiger partial charge >= 0.3 is 0 Å². The Bertz CT molecular complexity index is 542. The minimum atomic E-state index is -0.411. The molecule has 0 aromatic heterocycles. The van der Waals surface area contributed by atoms with Gasteiger partial charge in [0.25, 0.3) is 5.91 Å². The SMILES string of the molecule is O=C(NC1CCCCNC1=O)c1ccc2c(c1)NCC2. The lowest BCUT2D eigenvalue weighted by molar-refractivity contribution is -0.122. The Morgan fingerprint density at radius 2 is 2.10 bits per heavy atom. The molecule has 3 N–H and O–H groups in total. The molecule has 2 heterocycles. The number of hydrogen-bond acceptors (Lipinski definition) is 3. The maximum absolute atomic E-state index is 12.3. The zero-order valence-corrected chi connectivity index (χ0v) is 11.4. The van der Waals surface area contributed by atoms with Crippen LogP contribution in [0.25, 0.3) is 0 Å². The lowest BCUT2D eigenvalue weighted by Gasteiger charge is -2.15. The van der Waals surface area contributed by atoms with Crippen LogP contribution >= 0.6 is 0 Å². The van der Waals surface area contributed by atoms with Crippen LogP contribution in [0.15, 0.2) is 18.2 Å².